The third-order valence-electron chi connectivity index (χ3n) is 7.52. The van der Waals surface area contributed by atoms with Crippen molar-refractivity contribution >= 4 is 12.0 Å². The fourth-order valence-corrected chi connectivity index (χ4v) is 5.53. The Kier molecular flexibility index (Phi) is 8.67. The maximum atomic E-state index is 13.7. The fraction of sp³-hybridized carbons (Fsp3) is 0.920. The van der Waals surface area contributed by atoms with Gasteiger partial charge in [-0.15, -0.1) is 0 Å². The molecule has 3 fully saturated rings. The minimum atomic E-state index is -0.499. The summed E-state index contributed by atoms with van der Waals surface area (Å²) in [4.78, 5) is 30.1. The van der Waals surface area contributed by atoms with Crippen LogP contribution in [0.3, 0.4) is 0 Å². The van der Waals surface area contributed by atoms with Crippen molar-refractivity contribution in [1.82, 2.24) is 15.1 Å². The van der Waals surface area contributed by atoms with E-state index < -0.39 is 5.60 Å². The molecule has 2 saturated heterocycles. The summed E-state index contributed by atoms with van der Waals surface area (Å²) < 4.78 is 16.4. The van der Waals surface area contributed by atoms with Gasteiger partial charge in [0.25, 0.3) is 0 Å². The summed E-state index contributed by atoms with van der Waals surface area (Å²) in [6, 6.07) is 0.584. The summed E-state index contributed by atoms with van der Waals surface area (Å²) in [5.74, 6) is 0.294. The van der Waals surface area contributed by atoms with Gasteiger partial charge in [0, 0.05) is 32.8 Å². The molecule has 5 atom stereocenters. The SMILES string of the molecule is CC[C@]1(C(=O)N2C[C@H]3C[C@H]2CN3C(=O)OC(C)(C)C)CC[C@@H](NCCCOC[C@H](C)OC)C1. The molecule has 8 nitrogen and oxygen atoms in total. The second-order valence-electron chi connectivity index (χ2n) is 11.1. The van der Waals surface area contributed by atoms with Crippen molar-refractivity contribution in [2.75, 3.05) is 40.0 Å². The van der Waals surface area contributed by atoms with Gasteiger partial charge in [0.05, 0.1) is 30.2 Å². The number of nitrogens with zero attached hydrogens (tertiary/aromatic N) is 2. The number of amides is 2. The predicted octanol–water partition coefficient (Wildman–Crippen LogP) is 3.19. The van der Waals surface area contributed by atoms with Crippen LogP contribution in [0, 0.1) is 5.41 Å². The molecule has 8 heteroatoms. The van der Waals surface area contributed by atoms with Crippen LogP contribution in [-0.4, -0.2) is 91.6 Å². The monoisotopic (exact) mass is 467 g/mol. The molecule has 1 N–H and O–H groups in total. The van der Waals surface area contributed by atoms with E-state index in [9.17, 15) is 9.59 Å². The molecule has 2 amide bonds. The van der Waals surface area contributed by atoms with Gasteiger partial charge >= 0.3 is 6.09 Å². The first-order valence-electron chi connectivity index (χ1n) is 12.7. The summed E-state index contributed by atoms with van der Waals surface area (Å²) in [5.41, 5.74) is -0.773. The van der Waals surface area contributed by atoms with Gasteiger partial charge in [-0.3, -0.25) is 4.79 Å². The number of hydrogen-bond acceptors (Lipinski definition) is 6. The molecule has 2 aliphatic heterocycles. The van der Waals surface area contributed by atoms with Crippen molar-refractivity contribution in [1.29, 1.82) is 0 Å². The molecule has 2 bridgehead atoms. The van der Waals surface area contributed by atoms with E-state index in [-0.39, 0.29) is 29.7 Å². The zero-order valence-electron chi connectivity index (χ0n) is 21.5. The van der Waals surface area contributed by atoms with Crippen LogP contribution in [0.5, 0.6) is 0 Å². The van der Waals surface area contributed by atoms with E-state index in [2.05, 4.69) is 17.1 Å². The van der Waals surface area contributed by atoms with Gasteiger partial charge in [-0.2, -0.15) is 0 Å². The van der Waals surface area contributed by atoms with Gasteiger partial charge in [-0.25, -0.2) is 4.79 Å². The molecule has 0 unspecified atom stereocenters. The maximum absolute atomic E-state index is 13.7. The number of hydrogen-bond donors (Lipinski definition) is 1. The van der Waals surface area contributed by atoms with E-state index in [0.717, 1.165) is 51.7 Å². The highest BCUT2D eigenvalue weighted by Gasteiger charge is 2.53. The minimum absolute atomic E-state index is 0.0823. The highest BCUT2D eigenvalue weighted by Crippen LogP contribution is 2.45. The quantitative estimate of drug-likeness (QED) is 0.497. The minimum Gasteiger partial charge on any atom is -0.444 e. The van der Waals surface area contributed by atoms with E-state index in [1.165, 1.54) is 0 Å². The average Bonchev–Trinajstić information content (AvgIpc) is 3.48. The van der Waals surface area contributed by atoms with Crippen LogP contribution in [0.2, 0.25) is 0 Å². The van der Waals surface area contributed by atoms with E-state index in [1.54, 1.807) is 7.11 Å². The molecule has 3 aliphatic rings. The number of nitrogens with one attached hydrogen (secondary N) is 1. The molecule has 0 aromatic rings. The Balaban J connectivity index is 1.45. The highest BCUT2D eigenvalue weighted by atomic mass is 16.6. The van der Waals surface area contributed by atoms with E-state index >= 15 is 0 Å². The standard InChI is InChI=1S/C25H45N3O5/c1-7-25(10-9-19(14-25)26-11-8-12-32-17-18(2)31-6)22(29)27-15-21-13-20(27)16-28(21)23(30)33-24(3,4)5/h18-21,26H,7-17H2,1-6H3/t18-,19+,20-,21+,25-/m0/s1. The van der Waals surface area contributed by atoms with Crippen LogP contribution in [0.25, 0.3) is 0 Å². The van der Waals surface area contributed by atoms with E-state index in [4.69, 9.17) is 14.2 Å². The molecule has 0 aromatic carbocycles. The van der Waals surface area contributed by atoms with Crippen molar-refractivity contribution in [3.8, 4) is 0 Å². The lowest BCUT2D eigenvalue weighted by molar-refractivity contribution is -0.144. The summed E-state index contributed by atoms with van der Waals surface area (Å²) in [5, 5.41) is 3.64. The number of rotatable bonds is 10. The molecule has 1 saturated carbocycles. The second kappa shape index (κ2) is 10.9. The number of fused-ring (bicyclic) bond motifs is 2. The maximum Gasteiger partial charge on any atom is 0.410 e. The lowest BCUT2D eigenvalue weighted by atomic mass is 9.81. The Morgan fingerprint density at radius 3 is 2.48 bits per heavy atom. The summed E-state index contributed by atoms with van der Waals surface area (Å²) in [6.45, 7) is 13.3. The third kappa shape index (κ3) is 6.40. The highest BCUT2D eigenvalue weighted by molar-refractivity contribution is 5.84. The largest absolute Gasteiger partial charge is 0.444 e. The van der Waals surface area contributed by atoms with Crippen molar-refractivity contribution in [2.45, 2.75) is 103 Å². The Morgan fingerprint density at radius 2 is 1.88 bits per heavy atom. The first kappa shape index (κ1) is 26.2. The number of piperazine rings is 1. The fourth-order valence-electron chi connectivity index (χ4n) is 5.53. The second-order valence-corrected chi connectivity index (χ2v) is 11.1. The Hall–Kier alpha value is -1.38. The lowest BCUT2D eigenvalue weighted by Gasteiger charge is -2.39. The van der Waals surface area contributed by atoms with Gasteiger partial charge in [0.2, 0.25) is 5.91 Å². The first-order valence-corrected chi connectivity index (χ1v) is 12.7. The molecule has 190 valence electrons. The molecular weight excluding hydrogens is 422 g/mol. The van der Waals surface area contributed by atoms with Gasteiger partial charge in [0.1, 0.15) is 5.60 Å². The number of carbonyl (C=O) groups is 2. The molecule has 0 aromatic heterocycles. The van der Waals surface area contributed by atoms with Gasteiger partial charge in [0.15, 0.2) is 0 Å². The van der Waals surface area contributed by atoms with Crippen LogP contribution in [0.1, 0.15) is 73.1 Å². The average molecular weight is 468 g/mol. The van der Waals surface area contributed by atoms with Gasteiger partial charge < -0.3 is 29.3 Å². The molecule has 0 spiro atoms. The Labute approximate surface area is 199 Å². The molecule has 0 radical (unpaired) electrons. The van der Waals surface area contributed by atoms with Gasteiger partial charge in [-0.05, 0) is 72.8 Å². The summed E-state index contributed by atoms with van der Waals surface area (Å²) >= 11 is 0. The normalized spacial score (nSPS) is 30.2. The topological polar surface area (TPSA) is 80.3 Å². The van der Waals surface area contributed by atoms with E-state index in [1.807, 2.05) is 32.6 Å². The molecular formula is C25H45N3O5. The van der Waals surface area contributed by atoms with Crippen LogP contribution >= 0.6 is 0 Å². The van der Waals surface area contributed by atoms with Crippen LogP contribution in [0.15, 0.2) is 0 Å². The van der Waals surface area contributed by atoms with E-state index in [0.29, 0.717) is 31.6 Å². The number of likely N-dealkylation sites (tertiary alicyclic amines) is 2. The molecule has 2 heterocycles. The molecule has 3 rings (SSSR count). The number of carbonyl (C=O) groups excluding carboxylic acids is 2. The lowest BCUT2D eigenvalue weighted by Crippen LogP contribution is -2.54. The zero-order valence-corrected chi connectivity index (χ0v) is 21.5. The predicted molar refractivity (Wildman–Crippen MR) is 127 cm³/mol. The zero-order chi connectivity index (χ0) is 24.2. The summed E-state index contributed by atoms with van der Waals surface area (Å²) in [7, 11) is 1.70. The van der Waals surface area contributed by atoms with Crippen molar-refractivity contribution < 1.29 is 23.8 Å². The van der Waals surface area contributed by atoms with Crippen LogP contribution < -0.4 is 5.32 Å². The van der Waals surface area contributed by atoms with Gasteiger partial charge in [-0.1, -0.05) is 6.92 Å². The molecule has 1 aliphatic carbocycles. The first-order chi connectivity index (χ1) is 15.6. The smallest absolute Gasteiger partial charge is 0.410 e. The number of ether oxygens (including phenoxy) is 3. The Bertz CT molecular complexity index is 681. The summed E-state index contributed by atoms with van der Waals surface area (Å²) in [6.07, 6.45) is 5.43. The molecule has 33 heavy (non-hydrogen) atoms. The third-order valence-corrected chi connectivity index (χ3v) is 7.52. The van der Waals surface area contributed by atoms with Crippen LogP contribution in [-0.2, 0) is 19.0 Å². The Morgan fingerprint density at radius 1 is 1.18 bits per heavy atom. The van der Waals surface area contributed by atoms with Crippen molar-refractivity contribution in [3.05, 3.63) is 0 Å². The van der Waals surface area contributed by atoms with Crippen molar-refractivity contribution in [3.63, 3.8) is 0 Å². The van der Waals surface area contributed by atoms with Crippen LogP contribution in [0.4, 0.5) is 4.79 Å². The number of methoxy groups -OCH3 is 1. The van der Waals surface area contributed by atoms with Crippen molar-refractivity contribution in [2.24, 2.45) is 5.41 Å².